The highest BCUT2D eigenvalue weighted by atomic mass is 32.1. The molecule has 2 rings (SSSR count). The molecule has 0 atom stereocenters. The first kappa shape index (κ1) is 7.17. The molecule has 0 unspecified atom stereocenters. The summed E-state index contributed by atoms with van der Waals surface area (Å²) in [5, 5.41) is 12.6. The SMILES string of the molecule is O=[N+]([O-])c1csc2ncccc12. The molecule has 2 heterocycles. The molecule has 0 saturated heterocycles. The van der Waals surface area contributed by atoms with Crippen LogP contribution in [0.15, 0.2) is 23.7 Å². The van der Waals surface area contributed by atoms with Gasteiger partial charge >= 0.3 is 0 Å². The van der Waals surface area contributed by atoms with Crippen LogP contribution in [0.1, 0.15) is 0 Å². The summed E-state index contributed by atoms with van der Waals surface area (Å²) in [7, 11) is 0. The molecule has 0 saturated carbocycles. The highest BCUT2D eigenvalue weighted by Gasteiger charge is 2.13. The van der Waals surface area contributed by atoms with Crippen molar-refractivity contribution >= 4 is 27.2 Å². The number of pyridine rings is 1. The summed E-state index contributed by atoms with van der Waals surface area (Å²) in [6, 6.07) is 3.40. The number of hydrogen-bond donors (Lipinski definition) is 0. The van der Waals surface area contributed by atoms with Crippen molar-refractivity contribution in [2.45, 2.75) is 0 Å². The van der Waals surface area contributed by atoms with Gasteiger partial charge in [0, 0.05) is 6.20 Å². The number of thiophene rings is 1. The van der Waals surface area contributed by atoms with E-state index in [1.807, 2.05) is 0 Å². The van der Waals surface area contributed by atoms with Gasteiger partial charge in [-0.05, 0) is 12.1 Å². The number of rotatable bonds is 1. The molecule has 0 aromatic carbocycles. The standard InChI is InChI=1S/C7H4N2O2S/c10-9(11)6-4-12-7-5(6)2-1-3-8-7/h1-4H. The summed E-state index contributed by atoms with van der Waals surface area (Å²) >= 11 is 1.29. The van der Waals surface area contributed by atoms with E-state index in [0.717, 1.165) is 0 Å². The van der Waals surface area contributed by atoms with E-state index >= 15 is 0 Å². The summed E-state index contributed by atoms with van der Waals surface area (Å²) < 4.78 is 0. The van der Waals surface area contributed by atoms with Crippen LogP contribution in [0.3, 0.4) is 0 Å². The quantitative estimate of drug-likeness (QED) is 0.499. The molecule has 60 valence electrons. The maximum absolute atomic E-state index is 10.5. The molecule has 0 aliphatic heterocycles. The lowest BCUT2D eigenvalue weighted by molar-refractivity contribution is -0.382. The smallest absolute Gasteiger partial charge is 0.258 e. The van der Waals surface area contributed by atoms with E-state index in [0.29, 0.717) is 10.2 Å². The van der Waals surface area contributed by atoms with Gasteiger partial charge in [0.25, 0.3) is 5.69 Å². The fraction of sp³-hybridized carbons (Fsp3) is 0. The maximum atomic E-state index is 10.5. The lowest BCUT2D eigenvalue weighted by atomic mass is 10.3. The molecule has 0 aliphatic carbocycles. The molecule has 0 amide bonds. The zero-order chi connectivity index (χ0) is 8.55. The lowest BCUT2D eigenvalue weighted by Crippen LogP contribution is -1.84. The second-order valence-electron chi connectivity index (χ2n) is 2.23. The Hall–Kier alpha value is -1.49. The zero-order valence-electron chi connectivity index (χ0n) is 5.93. The van der Waals surface area contributed by atoms with Gasteiger partial charge in [0.15, 0.2) is 0 Å². The van der Waals surface area contributed by atoms with Gasteiger partial charge in [0.2, 0.25) is 0 Å². The van der Waals surface area contributed by atoms with Crippen LogP contribution in [0, 0.1) is 10.1 Å². The van der Waals surface area contributed by atoms with Gasteiger partial charge in [-0.15, -0.1) is 11.3 Å². The van der Waals surface area contributed by atoms with Crippen LogP contribution in [-0.2, 0) is 0 Å². The Morgan fingerprint density at radius 1 is 1.58 bits per heavy atom. The van der Waals surface area contributed by atoms with Crippen LogP contribution < -0.4 is 0 Å². The largest absolute Gasteiger partial charge is 0.289 e. The van der Waals surface area contributed by atoms with Crippen molar-refractivity contribution < 1.29 is 4.92 Å². The second kappa shape index (κ2) is 2.53. The maximum Gasteiger partial charge on any atom is 0.289 e. The summed E-state index contributed by atoms with van der Waals surface area (Å²) in [5.41, 5.74) is 0.142. The summed E-state index contributed by atoms with van der Waals surface area (Å²) in [4.78, 5) is 14.8. The van der Waals surface area contributed by atoms with Gasteiger partial charge < -0.3 is 0 Å². The van der Waals surface area contributed by atoms with Crippen LogP contribution in [0.2, 0.25) is 0 Å². The van der Waals surface area contributed by atoms with Gasteiger partial charge in [-0.2, -0.15) is 0 Å². The van der Waals surface area contributed by atoms with E-state index in [-0.39, 0.29) is 10.6 Å². The van der Waals surface area contributed by atoms with Crippen molar-refractivity contribution in [2.75, 3.05) is 0 Å². The van der Waals surface area contributed by atoms with Crippen molar-refractivity contribution in [3.8, 4) is 0 Å². The molecule has 2 aromatic heterocycles. The number of nitrogens with zero attached hydrogens (tertiary/aromatic N) is 2. The third kappa shape index (κ3) is 0.947. The topological polar surface area (TPSA) is 56.0 Å². The van der Waals surface area contributed by atoms with Crippen molar-refractivity contribution in [3.05, 3.63) is 33.8 Å². The van der Waals surface area contributed by atoms with Gasteiger partial charge in [0.1, 0.15) is 4.83 Å². The van der Waals surface area contributed by atoms with E-state index in [1.54, 1.807) is 18.3 Å². The third-order valence-electron chi connectivity index (χ3n) is 1.53. The van der Waals surface area contributed by atoms with Gasteiger partial charge in [-0.25, -0.2) is 4.98 Å². The Morgan fingerprint density at radius 2 is 2.42 bits per heavy atom. The molecule has 0 fully saturated rings. The predicted octanol–water partition coefficient (Wildman–Crippen LogP) is 2.20. The number of nitro groups is 1. The predicted molar refractivity (Wildman–Crippen MR) is 46.3 cm³/mol. The Kier molecular flexibility index (Phi) is 1.51. The van der Waals surface area contributed by atoms with E-state index in [9.17, 15) is 10.1 Å². The molecular formula is C7H4N2O2S. The molecule has 5 heteroatoms. The van der Waals surface area contributed by atoms with Crippen LogP contribution in [-0.4, -0.2) is 9.91 Å². The Labute approximate surface area is 71.6 Å². The van der Waals surface area contributed by atoms with Crippen LogP contribution >= 0.6 is 11.3 Å². The first-order valence-electron chi connectivity index (χ1n) is 3.25. The fourth-order valence-corrected chi connectivity index (χ4v) is 1.85. The minimum Gasteiger partial charge on any atom is -0.258 e. The molecule has 2 aromatic rings. The van der Waals surface area contributed by atoms with Crippen molar-refractivity contribution in [1.82, 2.24) is 4.98 Å². The van der Waals surface area contributed by atoms with E-state index in [2.05, 4.69) is 4.98 Å². The molecule has 0 bridgehead atoms. The van der Waals surface area contributed by atoms with Crippen LogP contribution in [0.5, 0.6) is 0 Å². The molecule has 0 aliphatic rings. The first-order valence-corrected chi connectivity index (χ1v) is 4.13. The Bertz CT molecular complexity index is 438. The summed E-state index contributed by atoms with van der Waals surface area (Å²) in [6.45, 7) is 0. The van der Waals surface area contributed by atoms with Crippen molar-refractivity contribution in [1.29, 1.82) is 0 Å². The lowest BCUT2D eigenvalue weighted by Gasteiger charge is -1.86. The normalized spacial score (nSPS) is 10.3. The molecule has 12 heavy (non-hydrogen) atoms. The molecule has 0 radical (unpaired) electrons. The van der Waals surface area contributed by atoms with Crippen molar-refractivity contribution in [3.63, 3.8) is 0 Å². The average molecular weight is 180 g/mol. The zero-order valence-corrected chi connectivity index (χ0v) is 6.75. The first-order chi connectivity index (χ1) is 5.79. The number of aromatic nitrogens is 1. The Morgan fingerprint density at radius 3 is 3.17 bits per heavy atom. The molecule has 4 nitrogen and oxygen atoms in total. The monoisotopic (exact) mass is 180 g/mol. The fourth-order valence-electron chi connectivity index (χ4n) is 0.996. The van der Waals surface area contributed by atoms with Gasteiger partial charge in [-0.1, -0.05) is 0 Å². The van der Waals surface area contributed by atoms with Crippen LogP contribution in [0.4, 0.5) is 5.69 Å². The van der Waals surface area contributed by atoms with Gasteiger partial charge in [0.05, 0.1) is 15.7 Å². The number of fused-ring (bicyclic) bond motifs is 1. The average Bonchev–Trinajstić information content (AvgIpc) is 2.47. The third-order valence-corrected chi connectivity index (χ3v) is 2.42. The minimum absolute atomic E-state index is 0.142. The minimum atomic E-state index is -0.388. The molecule has 0 spiro atoms. The van der Waals surface area contributed by atoms with E-state index in [1.165, 1.54) is 16.7 Å². The van der Waals surface area contributed by atoms with Crippen molar-refractivity contribution in [2.24, 2.45) is 0 Å². The highest BCUT2D eigenvalue weighted by molar-refractivity contribution is 7.17. The molecule has 0 N–H and O–H groups in total. The van der Waals surface area contributed by atoms with Crippen LogP contribution in [0.25, 0.3) is 10.2 Å². The summed E-state index contributed by atoms with van der Waals surface area (Å²) in [6.07, 6.45) is 1.63. The second-order valence-corrected chi connectivity index (χ2v) is 3.09. The van der Waals surface area contributed by atoms with Gasteiger partial charge in [-0.3, -0.25) is 10.1 Å². The van der Waals surface area contributed by atoms with E-state index < -0.39 is 0 Å². The van der Waals surface area contributed by atoms with E-state index in [4.69, 9.17) is 0 Å². The highest BCUT2D eigenvalue weighted by Crippen LogP contribution is 2.29. The number of hydrogen-bond acceptors (Lipinski definition) is 4. The summed E-state index contributed by atoms with van der Waals surface area (Å²) in [5.74, 6) is 0. The molecular weight excluding hydrogens is 176 g/mol. The Balaban J connectivity index is 2.79.